The summed E-state index contributed by atoms with van der Waals surface area (Å²) in [6.45, 7) is 6.43. The van der Waals surface area contributed by atoms with E-state index in [-0.39, 0.29) is 44.0 Å². The fraction of sp³-hybridized carbons (Fsp3) is 0.678. The number of esters is 3. The summed E-state index contributed by atoms with van der Waals surface area (Å²) in [7, 11) is 0. The third-order valence-corrected chi connectivity index (χ3v) is 11.1. The summed E-state index contributed by atoms with van der Waals surface area (Å²) in [6.07, 6.45) is 69.6. The normalized spacial score (nSPS) is 12.8. The molecule has 0 aromatic rings. The quantitative estimate of drug-likeness (QED) is 0.0262. The van der Waals surface area contributed by atoms with Crippen molar-refractivity contribution >= 4 is 17.9 Å². The Morgan fingerprint density at radius 3 is 1.03 bits per heavy atom. The molecular weight excluding hydrogens is 805 g/mol. The van der Waals surface area contributed by atoms with E-state index in [0.29, 0.717) is 12.8 Å². The van der Waals surface area contributed by atoms with Crippen molar-refractivity contribution in [2.75, 3.05) is 13.2 Å². The molecule has 0 aromatic heterocycles. The largest absolute Gasteiger partial charge is 0.462 e. The van der Waals surface area contributed by atoms with Gasteiger partial charge in [-0.3, -0.25) is 14.4 Å². The molecule has 0 unspecified atom stereocenters. The number of rotatable bonds is 47. The van der Waals surface area contributed by atoms with E-state index in [1.54, 1.807) is 0 Å². The van der Waals surface area contributed by atoms with Crippen LogP contribution >= 0.6 is 0 Å². The second-order valence-electron chi connectivity index (χ2n) is 17.4. The molecule has 0 amide bonds. The monoisotopic (exact) mass is 903 g/mol. The van der Waals surface area contributed by atoms with Crippen molar-refractivity contribution in [3.05, 3.63) is 97.2 Å². The SMILES string of the molecule is CC/C=C\C/C=C\C/C=C\C/C=C\CCCCCCC(=O)O[C@H](COC(=O)CCC/C=C\C/C=C\C/C=C\C/C=C\CCCCC)COC(=O)CCCCCCCCCCCCCCC. The van der Waals surface area contributed by atoms with Gasteiger partial charge in [-0.05, 0) is 96.3 Å². The fourth-order valence-corrected chi connectivity index (χ4v) is 7.07. The maximum Gasteiger partial charge on any atom is 0.306 e. The van der Waals surface area contributed by atoms with Gasteiger partial charge in [0.2, 0.25) is 0 Å². The van der Waals surface area contributed by atoms with Crippen molar-refractivity contribution in [3.8, 4) is 0 Å². The van der Waals surface area contributed by atoms with Crippen molar-refractivity contribution in [3.63, 3.8) is 0 Å². The Morgan fingerprint density at radius 2 is 0.615 bits per heavy atom. The molecule has 370 valence electrons. The van der Waals surface area contributed by atoms with Crippen LogP contribution in [0.25, 0.3) is 0 Å². The maximum absolute atomic E-state index is 12.8. The number of carbonyl (C=O) groups is 3. The van der Waals surface area contributed by atoms with Gasteiger partial charge in [-0.25, -0.2) is 0 Å². The molecule has 6 heteroatoms. The molecule has 0 saturated heterocycles. The van der Waals surface area contributed by atoms with Gasteiger partial charge in [-0.2, -0.15) is 0 Å². The van der Waals surface area contributed by atoms with E-state index >= 15 is 0 Å². The molecule has 1 atom stereocenters. The first-order valence-electron chi connectivity index (χ1n) is 26.7. The first-order valence-corrected chi connectivity index (χ1v) is 26.7. The van der Waals surface area contributed by atoms with Crippen LogP contribution in [0.1, 0.15) is 239 Å². The Labute approximate surface area is 400 Å². The fourth-order valence-electron chi connectivity index (χ4n) is 7.07. The minimum absolute atomic E-state index is 0.104. The molecule has 0 N–H and O–H groups in total. The van der Waals surface area contributed by atoms with Crippen molar-refractivity contribution < 1.29 is 28.6 Å². The van der Waals surface area contributed by atoms with Gasteiger partial charge in [0.1, 0.15) is 13.2 Å². The molecule has 0 aliphatic carbocycles. The zero-order chi connectivity index (χ0) is 47.2. The van der Waals surface area contributed by atoms with Crippen LogP contribution < -0.4 is 0 Å². The first kappa shape index (κ1) is 61.3. The molecular formula is C59H98O6. The van der Waals surface area contributed by atoms with Crippen molar-refractivity contribution in [2.24, 2.45) is 0 Å². The summed E-state index contributed by atoms with van der Waals surface area (Å²) in [5.41, 5.74) is 0. The maximum atomic E-state index is 12.8. The molecule has 0 aromatic carbocycles. The molecule has 0 rings (SSSR count). The first-order chi connectivity index (χ1) is 32.0. The second kappa shape index (κ2) is 52.9. The van der Waals surface area contributed by atoms with Crippen molar-refractivity contribution in [1.29, 1.82) is 0 Å². The van der Waals surface area contributed by atoms with Crippen LogP contribution in [-0.2, 0) is 28.6 Å². The summed E-state index contributed by atoms with van der Waals surface area (Å²) >= 11 is 0. The Balaban J connectivity index is 4.52. The van der Waals surface area contributed by atoms with Gasteiger partial charge < -0.3 is 14.2 Å². The van der Waals surface area contributed by atoms with Gasteiger partial charge in [0.05, 0.1) is 0 Å². The zero-order valence-corrected chi connectivity index (χ0v) is 42.2. The standard InChI is InChI=1S/C59H98O6/c1-4-7-10-13-16-19-22-25-27-29-31-34-37-40-43-46-49-52-58(61)64-55-56(54-63-57(60)51-48-45-42-39-36-33-24-21-18-15-12-9-6-3)65-59(62)53-50-47-44-41-38-35-32-30-28-26-23-20-17-14-11-8-5-2/h8,11,16-17,19-20,25-28,31-32,34-35,40,43,56H,4-7,9-10,12-15,18,21-24,29-30,33,36-39,41-42,44-55H2,1-3H3/b11-8-,19-16-,20-17-,27-25-,28-26-,34-31-,35-32-,43-40-/t56-/m0/s1. The van der Waals surface area contributed by atoms with E-state index in [1.807, 2.05) is 0 Å². The van der Waals surface area contributed by atoms with Crippen molar-refractivity contribution in [1.82, 2.24) is 0 Å². The van der Waals surface area contributed by atoms with E-state index in [4.69, 9.17) is 14.2 Å². The van der Waals surface area contributed by atoms with Gasteiger partial charge in [0.25, 0.3) is 0 Å². The molecule has 0 fully saturated rings. The summed E-state index contributed by atoms with van der Waals surface area (Å²) in [5.74, 6) is -0.987. The number of allylic oxidation sites excluding steroid dienone is 16. The van der Waals surface area contributed by atoms with Crippen LogP contribution in [0.5, 0.6) is 0 Å². The highest BCUT2D eigenvalue weighted by molar-refractivity contribution is 5.71. The molecule has 0 radical (unpaired) electrons. The Hall–Kier alpha value is -3.67. The van der Waals surface area contributed by atoms with Crippen molar-refractivity contribution in [2.45, 2.75) is 245 Å². The number of hydrogen-bond donors (Lipinski definition) is 0. The lowest BCUT2D eigenvalue weighted by Crippen LogP contribution is -2.30. The number of unbranched alkanes of at least 4 members (excludes halogenated alkanes) is 20. The van der Waals surface area contributed by atoms with E-state index in [1.165, 1.54) is 89.9 Å². The van der Waals surface area contributed by atoms with Gasteiger partial charge in [0, 0.05) is 19.3 Å². The van der Waals surface area contributed by atoms with Gasteiger partial charge >= 0.3 is 17.9 Å². The summed E-state index contributed by atoms with van der Waals surface area (Å²) < 4.78 is 16.8. The Bertz CT molecular complexity index is 1310. The van der Waals surface area contributed by atoms with Crippen LogP contribution in [0.15, 0.2) is 97.2 Å². The average Bonchev–Trinajstić information content (AvgIpc) is 3.30. The molecule has 0 heterocycles. The molecule has 0 bridgehead atoms. The summed E-state index contributed by atoms with van der Waals surface area (Å²) in [4.78, 5) is 38.0. The van der Waals surface area contributed by atoms with Gasteiger partial charge in [-0.1, -0.05) is 221 Å². The smallest absolute Gasteiger partial charge is 0.306 e. The third-order valence-electron chi connectivity index (χ3n) is 11.1. The highest BCUT2D eigenvalue weighted by Crippen LogP contribution is 2.14. The highest BCUT2D eigenvalue weighted by Gasteiger charge is 2.19. The Morgan fingerprint density at radius 1 is 0.323 bits per heavy atom. The lowest BCUT2D eigenvalue weighted by Gasteiger charge is -2.18. The van der Waals surface area contributed by atoms with E-state index in [0.717, 1.165) is 103 Å². The van der Waals surface area contributed by atoms with E-state index in [9.17, 15) is 14.4 Å². The lowest BCUT2D eigenvalue weighted by molar-refractivity contribution is -0.167. The van der Waals surface area contributed by atoms with Crippen LogP contribution in [0, 0.1) is 0 Å². The third kappa shape index (κ3) is 51.2. The molecule has 0 spiro atoms. The molecule has 65 heavy (non-hydrogen) atoms. The van der Waals surface area contributed by atoms with Gasteiger partial charge in [0.15, 0.2) is 6.10 Å². The molecule has 6 nitrogen and oxygen atoms in total. The average molecular weight is 903 g/mol. The summed E-state index contributed by atoms with van der Waals surface area (Å²) in [5, 5.41) is 0. The lowest BCUT2D eigenvalue weighted by atomic mass is 10.0. The van der Waals surface area contributed by atoms with Crippen LogP contribution in [0.2, 0.25) is 0 Å². The van der Waals surface area contributed by atoms with E-state index < -0.39 is 6.10 Å². The summed E-state index contributed by atoms with van der Waals surface area (Å²) in [6, 6.07) is 0. The number of ether oxygens (including phenoxy) is 3. The predicted molar refractivity (Wildman–Crippen MR) is 279 cm³/mol. The van der Waals surface area contributed by atoms with Gasteiger partial charge in [-0.15, -0.1) is 0 Å². The zero-order valence-electron chi connectivity index (χ0n) is 42.2. The topological polar surface area (TPSA) is 78.9 Å². The molecule has 0 aliphatic heterocycles. The molecule has 0 aliphatic rings. The van der Waals surface area contributed by atoms with Crippen LogP contribution in [0.3, 0.4) is 0 Å². The number of hydrogen-bond acceptors (Lipinski definition) is 6. The minimum atomic E-state index is -0.811. The molecule has 0 saturated carbocycles. The van der Waals surface area contributed by atoms with Crippen LogP contribution in [0.4, 0.5) is 0 Å². The Kier molecular flexibility index (Phi) is 50.0. The van der Waals surface area contributed by atoms with Crippen LogP contribution in [-0.4, -0.2) is 37.2 Å². The highest BCUT2D eigenvalue weighted by atomic mass is 16.6. The second-order valence-corrected chi connectivity index (χ2v) is 17.4. The minimum Gasteiger partial charge on any atom is -0.462 e. The predicted octanol–water partition coefficient (Wildman–Crippen LogP) is 17.8. The van der Waals surface area contributed by atoms with E-state index in [2.05, 4.69) is 118 Å². The number of carbonyl (C=O) groups excluding carboxylic acids is 3.